The number of nitrogens with one attached hydrogen (secondary N) is 2. The summed E-state index contributed by atoms with van der Waals surface area (Å²) < 4.78 is 0.850. The average Bonchev–Trinajstić information content (AvgIpc) is 2.45. The second-order valence-corrected chi connectivity index (χ2v) is 8.80. The molecule has 0 spiro atoms. The molecule has 0 unspecified atom stereocenters. The molecule has 7 heteroatoms. The van der Waals surface area contributed by atoms with Crippen LogP contribution in [-0.4, -0.2) is 27.1 Å². The van der Waals surface area contributed by atoms with Gasteiger partial charge in [-0.1, -0.05) is 41.7 Å². The second-order valence-electron chi connectivity index (χ2n) is 6.25. The average molecular weight is 351 g/mol. The predicted molar refractivity (Wildman–Crippen MR) is 98.3 cm³/mol. The van der Waals surface area contributed by atoms with Gasteiger partial charge in [-0.2, -0.15) is 0 Å². The van der Waals surface area contributed by atoms with Gasteiger partial charge >= 0.3 is 6.03 Å². The summed E-state index contributed by atoms with van der Waals surface area (Å²) in [4.78, 5) is 28.4. The minimum atomic E-state index is -0.474. The number of nitrogens with zero attached hydrogens (tertiary/aromatic N) is 1. The van der Waals surface area contributed by atoms with Crippen LogP contribution in [0.3, 0.4) is 0 Å². The molecule has 1 heterocycles. The molecule has 2 N–H and O–H groups in total. The van der Waals surface area contributed by atoms with Crippen LogP contribution in [0.15, 0.2) is 29.3 Å². The molecule has 0 saturated heterocycles. The lowest BCUT2D eigenvalue weighted by Gasteiger charge is -2.21. The predicted octanol–water partition coefficient (Wildman–Crippen LogP) is 3.67. The van der Waals surface area contributed by atoms with Crippen LogP contribution >= 0.6 is 23.5 Å². The maximum absolute atomic E-state index is 12.1. The Labute approximate surface area is 145 Å². The van der Waals surface area contributed by atoms with Gasteiger partial charge in [0.25, 0.3) is 0 Å². The summed E-state index contributed by atoms with van der Waals surface area (Å²) >= 11 is 2.99. The Morgan fingerprint density at radius 3 is 2.70 bits per heavy atom. The fourth-order valence-electron chi connectivity index (χ4n) is 1.86. The smallest absolute Gasteiger partial charge is 0.321 e. The van der Waals surface area contributed by atoms with Crippen LogP contribution in [0.4, 0.5) is 10.5 Å². The second kappa shape index (κ2) is 7.40. The first kappa shape index (κ1) is 17.9. The Kier molecular flexibility index (Phi) is 5.75. The lowest BCUT2D eigenvalue weighted by Crippen LogP contribution is -2.49. The van der Waals surface area contributed by atoms with E-state index in [1.165, 1.54) is 17.3 Å². The van der Waals surface area contributed by atoms with Gasteiger partial charge in [0.2, 0.25) is 5.91 Å². The molecule has 0 saturated carbocycles. The number of imide groups is 1. The maximum Gasteiger partial charge on any atom is 0.321 e. The number of benzene rings is 1. The molecule has 0 bridgehead atoms. The molecule has 23 heavy (non-hydrogen) atoms. The number of urea groups is 1. The van der Waals surface area contributed by atoms with Crippen molar-refractivity contribution < 1.29 is 9.59 Å². The summed E-state index contributed by atoms with van der Waals surface area (Å²) in [5, 5.41) is 4.69. The fourth-order valence-corrected chi connectivity index (χ4v) is 4.05. The highest BCUT2D eigenvalue weighted by atomic mass is 32.2. The Hall–Kier alpha value is -1.47. The number of rotatable bonds is 2. The number of carbonyl (C=O) groups excluding carboxylic acids is 2. The van der Waals surface area contributed by atoms with Crippen molar-refractivity contribution in [1.29, 1.82) is 0 Å². The number of aliphatic imine (C=N–C) groups is 1. The molecule has 3 amide bonds. The minimum absolute atomic E-state index is 0.320. The highest BCUT2D eigenvalue weighted by Crippen LogP contribution is 2.35. The number of thioether (sulfide) groups is 2. The third kappa shape index (κ3) is 5.58. The van der Waals surface area contributed by atoms with Crippen LogP contribution in [0.5, 0.6) is 0 Å². The molecule has 1 aliphatic heterocycles. The molecule has 1 aromatic carbocycles. The molecule has 0 radical (unpaired) electrons. The first-order chi connectivity index (χ1) is 10.7. The number of hydrogen-bond donors (Lipinski definition) is 2. The van der Waals surface area contributed by atoms with Gasteiger partial charge in [0.15, 0.2) is 0 Å². The normalized spacial score (nSPS) is 15.2. The summed E-state index contributed by atoms with van der Waals surface area (Å²) in [6, 6.07) is 7.50. The molecule has 1 aromatic rings. The Bertz CT molecular complexity index is 638. The van der Waals surface area contributed by atoms with Crippen molar-refractivity contribution in [3.8, 4) is 0 Å². The van der Waals surface area contributed by atoms with Gasteiger partial charge in [-0.15, -0.1) is 0 Å². The van der Waals surface area contributed by atoms with Crippen LogP contribution < -0.4 is 10.6 Å². The van der Waals surface area contributed by atoms with Gasteiger partial charge < -0.3 is 5.32 Å². The van der Waals surface area contributed by atoms with Crippen LogP contribution in [0.25, 0.3) is 0 Å². The van der Waals surface area contributed by atoms with Crippen molar-refractivity contribution in [2.75, 3.05) is 0 Å². The van der Waals surface area contributed by atoms with E-state index in [1.54, 1.807) is 18.7 Å². The highest BCUT2D eigenvalue weighted by molar-refractivity contribution is 8.39. The van der Waals surface area contributed by atoms with Gasteiger partial charge in [-0.25, -0.2) is 9.79 Å². The van der Waals surface area contributed by atoms with Crippen molar-refractivity contribution in [1.82, 2.24) is 10.6 Å². The van der Waals surface area contributed by atoms with Gasteiger partial charge in [0.05, 0.1) is 10.9 Å². The van der Waals surface area contributed by atoms with Gasteiger partial charge in [-0.05, 0) is 39.3 Å². The minimum Gasteiger partial charge on any atom is -0.333 e. The van der Waals surface area contributed by atoms with Crippen LogP contribution in [-0.2, 0) is 10.5 Å². The quantitative estimate of drug-likeness (QED) is 0.853. The van der Waals surface area contributed by atoms with E-state index in [-0.39, 0.29) is 11.4 Å². The first-order valence-electron chi connectivity index (χ1n) is 7.34. The summed E-state index contributed by atoms with van der Waals surface area (Å²) in [7, 11) is 0. The van der Waals surface area contributed by atoms with E-state index in [9.17, 15) is 9.59 Å². The molecular formula is C16H21N3O2S2. The molecule has 1 aliphatic rings. The number of fused-ring (bicyclic) bond motifs is 1. The summed E-state index contributed by atoms with van der Waals surface area (Å²) in [6.45, 7) is 7.36. The molecule has 0 aromatic heterocycles. The van der Waals surface area contributed by atoms with Crippen molar-refractivity contribution >= 4 is 45.5 Å². The lowest BCUT2D eigenvalue weighted by molar-refractivity contribution is -0.119. The van der Waals surface area contributed by atoms with E-state index in [0.717, 1.165) is 15.8 Å². The standard InChI is InChI=1S/C16H21N3O2S2/c1-10(13(20)18-14(21)19-16(2,3)4)23-15-17-12-8-6-5-7-11(12)9-22-15/h5-8,10H,9H2,1-4H3,(H2,18,19,20,21)/t10-/m1/s1. The Morgan fingerprint density at radius 1 is 1.30 bits per heavy atom. The van der Waals surface area contributed by atoms with E-state index in [2.05, 4.69) is 21.7 Å². The highest BCUT2D eigenvalue weighted by Gasteiger charge is 2.22. The monoisotopic (exact) mass is 351 g/mol. The van der Waals surface area contributed by atoms with Crippen molar-refractivity contribution in [3.63, 3.8) is 0 Å². The van der Waals surface area contributed by atoms with E-state index in [4.69, 9.17) is 0 Å². The molecular weight excluding hydrogens is 330 g/mol. The van der Waals surface area contributed by atoms with Crippen LogP contribution in [0.1, 0.15) is 33.3 Å². The zero-order chi connectivity index (χ0) is 17.0. The van der Waals surface area contributed by atoms with Gasteiger partial charge in [0.1, 0.15) is 4.38 Å². The zero-order valence-corrected chi connectivity index (χ0v) is 15.3. The third-order valence-corrected chi connectivity index (χ3v) is 5.22. The van der Waals surface area contributed by atoms with E-state index < -0.39 is 11.3 Å². The number of carbonyl (C=O) groups is 2. The summed E-state index contributed by atoms with van der Waals surface area (Å²) in [5.74, 6) is 0.528. The summed E-state index contributed by atoms with van der Waals surface area (Å²) in [6.07, 6.45) is 0. The molecule has 5 nitrogen and oxygen atoms in total. The maximum atomic E-state index is 12.1. The molecule has 0 aliphatic carbocycles. The van der Waals surface area contributed by atoms with E-state index >= 15 is 0 Å². The van der Waals surface area contributed by atoms with Gasteiger partial charge in [0, 0.05) is 11.3 Å². The topological polar surface area (TPSA) is 70.6 Å². The van der Waals surface area contributed by atoms with Crippen molar-refractivity contribution in [2.45, 2.75) is 44.2 Å². The number of hydrogen-bond acceptors (Lipinski definition) is 5. The molecule has 1 atom stereocenters. The largest absolute Gasteiger partial charge is 0.333 e. The van der Waals surface area contributed by atoms with Gasteiger partial charge in [-0.3, -0.25) is 10.1 Å². The van der Waals surface area contributed by atoms with E-state index in [0.29, 0.717) is 0 Å². The Morgan fingerprint density at radius 2 is 2.00 bits per heavy atom. The lowest BCUT2D eigenvalue weighted by atomic mass is 10.1. The Balaban J connectivity index is 1.92. The number of amides is 3. The third-order valence-electron chi connectivity index (χ3n) is 2.93. The number of para-hydroxylation sites is 1. The van der Waals surface area contributed by atoms with Crippen LogP contribution in [0, 0.1) is 0 Å². The van der Waals surface area contributed by atoms with Crippen molar-refractivity contribution in [3.05, 3.63) is 29.8 Å². The first-order valence-corrected chi connectivity index (χ1v) is 9.20. The SMILES string of the molecule is C[C@@H](SC1=Nc2ccccc2CS1)C(=O)NC(=O)NC(C)(C)C. The van der Waals surface area contributed by atoms with Crippen LogP contribution in [0.2, 0.25) is 0 Å². The van der Waals surface area contributed by atoms with E-state index in [1.807, 2.05) is 39.0 Å². The molecule has 124 valence electrons. The zero-order valence-electron chi connectivity index (χ0n) is 13.7. The molecule has 2 rings (SSSR count). The summed E-state index contributed by atoms with van der Waals surface area (Å²) in [5.41, 5.74) is 1.77. The fraction of sp³-hybridized carbons (Fsp3) is 0.438. The molecule has 0 fully saturated rings. The van der Waals surface area contributed by atoms with Crippen molar-refractivity contribution in [2.24, 2.45) is 4.99 Å².